The number of imidazole rings is 1. The van der Waals surface area contributed by atoms with Gasteiger partial charge in [0.2, 0.25) is 0 Å². The van der Waals surface area contributed by atoms with Crippen LogP contribution < -0.4 is 20.3 Å². The number of aromatic amines is 1. The zero-order chi connectivity index (χ0) is 26.9. The molecule has 2 saturated heterocycles. The fourth-order valence-corrected chi connectivity index (χ4v) is 5.48. The first kappa shape index (κ1) is 24.9. The number of hydrogen-bond acceptors (Lipinski definition) is 9. The Bertz CT molecular complexity index is 1520. The van der Waals surface area contributed by atoms with Crippen LogP contribution >= 0.6 is 0 Å². The van der Waals surface area contributed by atoms with Gasteiger partial charge in [-0.3, -0.25) is 4.79 Å². The number of aliphatic carboxylic acids is 1. The molecule has 2 aliphatic heterocycles. The molecule has 2 fully saturated rings. The summed E-state index contributed by atoms with van der Waals surface area (Å²) in [4.78, 5) is 45.6. The number of nitrogens with one attached hydrogen (secondary N) is 1. The maximum absolute atomic E-state index is 12.3. The molecule has 12 heteroatoms. The lowest BCUT2D eigenvalue weighted by Gasteiger charge is -2.36. The Balaban J connectivity index is 1.16. The molecule has 0 aliphatic carbocycles. The Morgan fingerprint density at radius 1 is 1.10 bits per heavy atom. The lowest BCUT2D eigenvalue weighted by molar-refractivity contribution is -0.146. The second kappa shape index (κ2) is 10.4. The Labute approximate surface area is 224 Å². The number of ether oxygens (including phenoxy) is 1. The summed E-state index contributed by atoms with van der Waals surface area (Å²) < 4.78 is 6.43. The van der Waals surface area contributed by atoms with E-state index in [9.17, 15) is 9.59 Å². The van der Waals surface area contributed by atoms with E-state index in [-0.39, 0.29) is 6.04 Å². The topological polar surface area (TPSA) is 154 Å². The van der Waals surface area contributed by atoms with Crippen molar-refractivity contribution >= 4 is 45.3 Å². The zero-order valence-electron chi connectivity index (χ0n) is 21.4. The molecule has 12 nitrogen and oxygen atoms in total. The Morgan fingerprint density at radius 3 is 2.77 bits per heavy atom. The Morgan fingerprint density at radius 2 is 1.95 bits per heavy atom. The van der Waals surface area contributed by atoms with Crippen LogP contribution in [0.1, 0.15) is 12.8 Å². The highest BCUT2D eigenvalue weighted by atomic mass is 16.5. The van der Waals surface area contributed by atoms with Gasteiger partial charge in [0.15, 0.2) is 17.5 Å². The van der Waals surface area contributed by atoms with E-state index in [4.69, 9.17) is 15.6 Å². The number of carbonyl (C=O) groups is 2. The first-order chi connectivity index (χ1) is 19.0. The monoisotopic (exact) mass is 530 g/mol. The summed E-state index contributed by atoms with van der Waals surface area (Å²) in [5.74, 6) is -0.214. The number of benzene rings is 2. The second-order valence-electron chi connectivity index (χ2n) is 9.89. The molecule has 2 atom stereocenters. The van der Waals surface area contributed by atoms with Gasteiger partial charge < -0.3 is 35.3 Å². The first-order valence-electron chi connectivity index (χ1n) is 13.1. The lowest BCUT2D eigenvalue weighted by atomic mass is 10.1. The van der Waals surface area contributed by atoms with Crippen LogP contribution in [-0.2, 0) is 9.59 Å². The summed E-state index contributed by atoms with van der Waals surface area (Å²) in [6.07, 6.45) is 5.26. The van der Waals surface area contributed by atoms with Gasteiger partial charge in [0.25, 0.3) is 5.91 Å². The average molecular weight is 531 g/mol. The summed E-state index contributed by atoms with van der Waals surface area (Å²) in [5, 5.41) is 11.1. The number of fused-ring (bicyclic) bond motifs is 2. The smallest absolute Gasteiger partial charge is 0.330 e. The quantitative estimate of drug-likeness (QED) is 0.300. The van der Waals surface area contributed by atoms with Gasteiger partial charge in [-0.2, -0.15) is 0 Å². The number of H-pyrrole nitrogens is 1. The molecule has 4 heterocycles. The van der Waals surface area contributed by atoms with Crippen molar-refractivity contribution in [1.82, 2.24) is 24.8 Å². The highest BCUT2D eigenvalue weighted by Gasteiger charge is 2.30. The third-order valence-corrected chi connectivity index (χ3v) is 7.59. The van der Waals surface area contributed by atoms with Crippen LogP contribution in [0, 0.1) is 0 Å². The Hall–Kier alpha value is -4.45. The van der Waals surface area contributed by atoms with E-state index in [1.165, 1.54) is 4.90 Å². The molecular formula is C27H30N8O4. The minimum atomic E-state index is -1.52. The molecule has 2 unspecified atom stereocenters. The summed E-state index contributed by atoms with van der Waals surface area (Å²) in [6.45, 7) is 3.41. The van der Waals surface area contributed by atoms with Crippen molar-refractivity contribution in [3.63, 3.8) is 0 Å². The van der Waals surface area contributed by atoms with E-state index in [2.05, 4.69) is 54.0 Å². The molecule has 1 amide bonds. The molecule has 2 aliphatic rings. The van der Waals surface area contributed by atoms with Gasteiger partial charge in [0.05, 0.1) is 12.4 Å². The fraction of sp³-hybridized carbons (Fsp3) is 0.370. The highest BCUT2D eigenvalue weighted by molar-refractivity contribution is 6.01. The standard InChI is InChI=1S/C27H30N8O4/c28-22(27(37)38)26(36)34-11-9-33(10-12-34)18-7-6-17-3-1-5-21(20(17)13-18)39-14-19-4-2-8-35(19)25-23-24(30-15-29-23)31-16-32-25/h1,3,5-7,13,15-16,19,22H,2,4,8-12,14,28H2,(H,37,38)(H,29,30,31,32). The van der Waals surface area contributed by atoms with E-state index in [1.54, 1.807) is 12.7 Å². The highest BCUT2D eigenvalue weighted by Crippen LogP contribution is 2.32. The Kier molecular flexibility index (Phi) is 6.61. The second-order valence-corrected chi connectivity index (χ2v) is 9.89. The normalized spacial score (nSPS) is 18.6. The van der Waals surface area contributed by atoms with E-state index < -0.39 is 17.9 Å². The zero-order valence-corrected chi connectivity index (χ0v) is 21.4. The third-order valence-electron chi connectivity index (χ3n) is 7.59. The molecule has 0 spiro atoms. The minimum absolute atomic E-state index is 0.168. The van der Waals surface area contributed by atoms with Gasteiger partial charge in [-0.25, -0.2) is 19.7 Å². The largest absolute Gasteiger partial charge is 0.491 e. The number of carbonyl (C=O) groups excluding carboxylic acids is 1. The van der Waals surface area contributed by atoms with E-state index in [0.717, 1.165) is 58.6 Å². The molecule has 0 radical (unpaired) electrons. The van der Waals surface area contributed by atoms with Crippen molar-refractivity contribution in [2.24, 2.45) is 5.73 Å². The fourth-order valence-electron chi connectivity index (χ4n) is 5.48. The molecule has 4 aromatic rings. The van der Waals surface area contributed by atoms with Gasteiger partial charge in [-0.05, 0) is 36.4 Å². The predicted octanol–water partition coefficient (Wildman–Crippen LogP) is 1.61. The van der Waals surface area contributed by atoms with E-state index >= 15 is 0 Å². The van der Waals surface area contributed by atoms with Crippen molar-refractivity contribution in [2.45, 2.75) is 24.9 Å². The van der Waals surface area contributed by atoms with E-state index in [1.807, 2.05) is 12.1 Å². The average Bonchev–Trinajstić information content (AvgIpc) is 3.65. The molecule has 4 N–H and O–H groups in total. The van der Waals surface area contributed by atoms with E-state index in [0.29, 0.717) is 32.8 Å². The van der Waals surface area contributed by atoms with Crippen LogP contribution in [0.4, 0.5) is 11.5 Å². The van der Waals surface area contributed by atoms with Crippen molar-refractivity contribution in [3.8, 4) is 5.75 Å². The number of nitrogens with zero attached hydrogens (tertiary/aromatic N) is 6. The summed E-state index contributed by atoms with van der Waals surface area (Å²) in [5.41, 5.74) is 8.04. The molecule has 2 aromatic heterocycles. The third kappa shape index (κ3) is 4.78. The summed E-state index contributed by atoms with van der Waals surface area (Å²) in [7, 11) is 0. The number of piperazine rings is 1. The van der Waals surface area contributed by atoms with Crippen molar-refractivity contribution in [1.29, 1.82) is 0 Å². The van der Waals surface area contributed by atoms with Crippen LogP contribution in [-0.4, -0.2) is 93.2 Å². The van der Waals surface area contributed by atoms with Crippen LogP contribution in [0.25, 0.3) is 21.9 Å². The van der Waals surface area contributed by atoms with Gasteiger partial charge in [0.1, 0.15) is 24.2 Å². The van der Waals surface area contributed by atoms with Crippen molar-refractivity contribution in [3.05, 3.63) is 49.1 Å². The van der Waals surface area contributed by atoms with Crippen LogP contribution in [0.5, 0.6) is 5.75 Å². The number of anilines is 2. The number of carboxylic acid groups (broad SMARTS) is 1. The first-order valence-corrected chi connectivity index (χ1v) is 13.1. The van der Waals surface area contributed by atoms with Gasteiger partial charge in [0, 0.05) is 43.8 Å². The number of carboxylic acids is 1. The van der Waals surface area contributed by atoms with Gasteiger partial charge in [-0.15, -0.1) is 0 Å². The molecule has 39 heavy (non-hydrogen) atoms. The van der Waals surface area contributed by atoms with Crippen LogP contribution in [0.3, 0.4) is 0 Å². The van der Waals surface area contributed by atoms with Crippen LogP contribution in [0.2, 0.25) is 0 Å². The molecule has 0 bridgehead atoms. The molecule has 202 valence electrons. The summed E-state index contributed by atoms with van der Waals surface area (Å²) in [6, 6.07) is 11.0. The lowest BCUT2D eigenvalue weighted by Crippen LogP contribution is -2.55. The predicted molar refractivity (Wildman–Crippen MR) is 146 cm³/mol. The van der Waals surface area contributed by atoms with Crippen molar-refractivity contribution < 1.29 is 19.4 Å². The number of nitrogens with two attached hydrogens (primary N) is 1. The van der Waals surface area contributed by atoms with Gasteiger partial charge in [-0.1, -0.05) is 18.2 Å². The van der Waals surface area contributed by atoms with Crippen LogP contribution in [0.15, 0.2) is 49.1 Å². The molecular weight excluding hydrogens is 500 g/mol. The maximum atomic E-state index is 12.3. The van der Waals surface area contributed by atoms with Gasteiger partial charge >= 0.3 is 5.97 Å². The molecule has 6 rings (SSSR count). The molecule has 2 aromatic carbocycles. The number of rotatable bonds is 7. The molecule has 0 saturated carbocycles. The minimum Gasteiger partial charge on any atom is -0.491 e. The summed E-state index contributed by atoms with van der Waals surface area (Å²) >= 11 is 0. The maximum Gasteiger partial charge on any atom is 0.330 e. The number of amides is 1. The number of aromatic nitrogens is 4. The number of hydrogen-bond donors (Lipinski definition) is 3. The SMILES string of the molecule is NC(C(=O)O)C(=O)N1CCN(c2ccc3cccc(OCC4CCCN4c4ncnc5[nH]cnc45)c3c2)CC1. The van der Waals surface area contributed by atoms with Crippen molar-refractivity contribution in [2.75, 3.05) is 49.1 Å².